The second kappa shape index (κ2) is 5.25. The Bertz CT molecular complexity index is 261. The highest BCUT2D eigenvalue weighted by Crippen LogP contribution is 2.14. The maximum absolute atomic E-state index is 3.43. The predicted molar refractivity (Wildman–Crippen MR) is 61.2 cm³/mol. The third-order valence-corrected chi connectivity index (χ3v) is 2.21. The highest BCUT2D eigenvalue weighted by molar-refractivity contribution is 9.10. The van der Waals surface area contributed by atoms with Crippen LogP contribution in [0.2, 0.25) is 0 Å². The fourth-order valence-corrected chi connectivity index (χ4v) is 1.42. The Balaban J connectivity index is 2.37. The van der Waals surface area contributed by atoms with Crippen molar-refractivity contribution in [2.75, 3.05) is 32.5 Å². The lowest BCUT2D eigenvalue weighted by Crippen LogP contribution is -2.20. The van der Waals surface area contributed by atoms with Gasteiger partial charge in [-0.25, -0.2) is 0 Å². The van der Waals surface area contributed by atoms with Crippen LogP contribution in [0.4, 0.5) is 5.69 Å². The van der Waals surface area contributed by atoms with E-state index in [1.807, 2.05) is 12.1 Å². The summed E-state index contributed by atoms with van der Waals surface area (Å²) in [7, 11) is 4.14. The van der Waals surface area contributed by atoms with Gasteiger partial charge in [0.2, 0.25) is 0 Å². The normalized spacial score (nSPS) is 10.5. The molecule has 72 valence electrons. The van der Waals surface area contributed by atoms with Crippen LogP contribution in [0.3, 0.4) is 0 Å². The minimum atomic E-state index is 0.976. The van der Waals surface area contributed by atoms with Gasteiger partial charge in [-0.05, 0) is 32.3 Å². The first-order valence-electron chi connectivity index (χ1n) is 4.32. The van der Waals surface area contributed by atoms with Crippen molar-refractivity contribution in [1.29, 1.82) is 0 Å². The molecule has 0 unspecified atom stereocenters. The molecule has 0 radical (unpaired) electrons. The highest BCUT2D eigenvalue weighted by atomic mass is 79.9. The number of nitrogens with zero attached hydrogens (tertiary/aromatic N) is 1. The third-order valence-electron chi connectivity index (χ3n) is 1.71. The van der Waals surface area contributed by atoms with Crippen molar-refractivity contribution in [1.82, 2.24) is 4.90 Å². The standard InChI is InChI=1S/C10H15BrN2/c1-13(2)7-6-12-10-5-3-4-9(11)8-10/h3-5,8,12H,6-7H2,1-2H3. The number of nitrogens with one attached hydrogen (secondary N) is 1. The van der Waals surface area contributed by atoms with Gasteiger partial charge >= 0.3 is 0 Å². The number of likely N-dealkylation sites (N-methyl/N-ethyl adjacent to an activating group) is 1. The zero-order valence-electron chi connectivity index (χ0n) is 8.05. The summed E-state index contributed by atoms with van der Waals surface area (Å²) in [6, 6.07) is 8.20. The Hall–Kier alpha value is -0.540. The van der Waals surface area contributed by atoms with E-state index in [0.717, 1.165) is 23.2 Å². The van der Waals surface area contributed by atoms with Gasteiger partial charge in [0, 0.05) is 23.2 Å². The molecule has 0 aliphatic carbocycles. The molecule has 1 N–H and O–H groups in total. The van der Waals surface area contributed by atoms with Gasteiger partial charge < -0.3 is 10.2 Å². The van der Waals surface area contributed by atoms with Gasteiger partial charge in [0.1, 0.15) is 0 Å². The fraction of sp³-hybridized carbons (Fsp3) is 0.400. The molecule has 0 atom stereocenters. The summed E-state index contributed by atoms with van der Waals surface area (Å²) >= 11 is 3.43. The van der Waals surface area contributed by atoms with Crippen molar-refractivity contribution in [2.24, 2.45) is 0 Å². The van der Waals surface area contributed by atoms with E-state index in [1.165, 1.54) is 0 Å². The number of anilines is 1. The SMILES string of the molecule is CN(C)CCNc1cccc(Br)c1. The van der Waals surface area contributed by atoms with Crippen molar-refractivity contribution in [3.05, 3.63) is 28.7 Å². The fourth-order valence-electron chi connectivity index (χ4n) is 1.02. The van der Waals surface area contributed by atoms with Gasteiger partial charge in [0.05, 0.1) is 0 Å². The number of halogens is 1. The van der Waals surface area contributed by atoms with E-state index in [0.29, 0.717) is 0 Å². The van der Waals surface area contributed by atoms with Crippen molar-refractivity contribution >= 4 is 21.6 Å². The lowest BCUT2D eigenvalue weighted by Gasteiger charge is -2.11. The van der Waals surface area contributed by atoms with Crippen LogP contribution in [0.1, 0.15) is 0 Å². The number of hydrogen-bond acceptors (Lipinski definition) is 2. The molecule has 0 aliphatic heterocycles. The van der Waals surface area contributed by atoms with Crippen molar-refractivity contribution in [3.63, 3.8) is 0 Å². The zero-order valence-corrected chi connectivity index (χ0v) is 9.63. The van der Waals surface area contributed by atoms with E-state index in [9.17, 15) is 0 Å². The third kappa shape index (κ3) is 4.29. The summed E-state index contributed by atoms with van der Waals surface area (Å²) in [6.07, 6.45) is 0. The summed E-state index contributed by atoms with van der Waals surface area (Å²) in [4.78, 5) is 2.16. The summed E-state index contributed by atoms with van der Waals surface area (Å²) in [5.41, 5.74) is 1.16. The van der Waals surface area contributed by atoms with Gasteiger partial charge in [-0.15, -0.1) is 0 Å². The smallest absolute Gasteiger partial charge is 0.0351 e. The molecule has 0 amide bonds. The van der Waals surface area contributed by atoms with Crippen LogP contribution in [-0.4, -0.2) is 32.1 Å². The molecule has 0 bridgehead atoms. The first-order valence-corrected chi connectivity index (χ1v) is 5.12. The van der Waals surface area contributed by atoms with E-state index in [4.69, 9.17) is 0 Å². The second-order valence-electron chi connectivity index (χ2n) is 3.24. The molecule has 13 heavy (non-hydrogen) atoms. The van der Waals surface area contributed by atoms with Gasteiger partial charge in [0.25, 0.3) is 0 Å². The molecule has 0 aliphatic rings. The summed E-state index contributed by atoms with van der Waals surface area (Å²) in [5.74, 6) is 0. The molecule has 0 spiro atoms. The maximum atomic E-state index is 3.43. The molecule has 0 fully saturated rings. The van der Waals surface area contributed by atoms with E-state index < -0.39 is 0 Å². The van der Waals surface area contributed by atoms with E-state index in [-0.39, 0.29) is 0 Å². The Kier molecular flexibility index (Phi) is 4.25. The quantitative estimate of drug-likeness (QED) is 0.873. The number of rotatable bonds is 4. The monoisotopic (exact) mass is 242 g/mol. The number of hydrogen-bond donors (Lipinski definition) is 1. The predicted octanol–water partition coefficient (Wildman–Crippen LogP) is 2.42. The molecule has 3 heteroatoms. The van der Waals surface area contributed by atoms with Crippen molar-refractivity contribution in [3.8, 4) is 0 Å². The Labute approximate surface area is 88.1 Å². The first-order chi connectivity index (χ1) is 6.18. The Morgan fingerprint density at radius 2 is 2.15 bits per heavy atom. The van der Waals surface area contributed by atoms with Crippen LogP contribution >= 0.6 is 15.9 Å². The average Bonchev–Trinajstić information content (AvgIpc) is 2.03. The Morgan fingerprint density at radius 3 is 2.77 bits per heavy atom. The van der Waals surface area contributed by atoms with Crippen LogP contribution < -0.4 is 5.32 Å². The average molecular weight is 243 g/mol. The second-order valence-corrected chi connectivity index (χ2v) is 4.16. The van der Waals surface area contributed by atoms with Crippen LogP contribution in [0.15, 0.2) is 28.7 Å². The van der Waals surface area contributed by atoms with Crippen LogP contribution in [-0.2, 0) is 0 Å². The topological polar surface area (TPSA) is 15.3 Å². The lowest BCUT2D eigenvalue weighted by atomic mass is 10.3. The van der Waals surface area contributed by atoms with Gasteiger partial charge in [-0.2, -0.15) is 0 Å². The molecule has 0 saturated carbocycles. The van der Waals surface area contributed by atoms with Crippen molar-refractivity contribution < 1.29 is 0 Å². The van der Waals surface area contributed by atoms with Gasteiger partial charge in [0.15, 0.2) is 0 Å². The van der Waals surface area contributed by atoms with Gasteiger partial charge in [-0.3, -0.25) is 0 Å². The molecule has 2 nitrogen and oxygen atoms in total. The first kappa shape index (κ1) is 10.5. The van der Waals surface area contributed by atoms with Crippen LogP contribution in [0.5, 0.6) is 0 Å². The Morgan fingerprint density at radius 1 is 1.38 bits per heavy atom. The molecule has 0 saturated heterocycles. The largest absolute Gasteiger partial charge is 0.384 e. The maximum Gasteiger partial charge on any atom is 0.0351 e. The number of benzene rings is 1. The molecule has 0 heterocycles. The van der Waals surface area contributed by atoms with E-state index >= 15 is 0 Å². The van der Waals surface area contributed by atoms with Crippen molar-refractivity contribution in [2.45, 2.75) is 0 Å². The molecule has 1 aromatic rings. The molecule has 1 rings (SSSR count). The molecule has 1 aromatic carbocycles. The molecular weight excluding hydrogens is 228 g/mol. The summed E-state index contributed by atoms with van der Waals surface area (Å²) in [6.45, 7) is 2.02. The van der Waals surface area contributed by atoms with E-state index in [1.54, 1.807) is 0 Å². The van der Waals surface area contributed by atoms with E-state index in [2.05, 4.69) is 52.4 Å². The minimum Gasteiger partial charge on any atom is -0.384 e. The molecule has 0 aromatic heterocycles. The highest BCUT2D eigenvalue weighted by Gasteiger charge is 1.93. The summed E-state index contributed by atoms with van der Waals surface area (Å²) < 4.78 is 1.11. The minimum absolute atomic E-state index is 0.976. The van der Waals surface area contributed by atoms with Crippen LogP contribution in [0.25, 0.3) is 0 Å². The van der Waals surface area contributed by atoms with Gasteiger partial charge in [-0.1, -0.05) is 22.0 Å². The molecular formula is C10H15BrN2. The lowest BCUT2D eigenvalue weighted by molar-refractivity contribution is 0.425. The van der Waals surface area contributed by atoms with Crippen LogP contribution in [0, 0.1) is 0 Å². The summed E-state index contributed by atoms with van der Waals surface area (Å²) in [5, 5.41) is 3.35. The zero-order chi connectivity index (χ0) is 9.68.